The Labute approximate surface area is 200 Å². The summed E-state index contributed by atoms with van der Waals surface area (Å²) in [4.78, 5) is 21.1. The first kappa shape index (κ1) is 17.9. The van der Waals surface area contributed by atoms with Gasteiger partial charge in [0.2, 0.25) is 0 Å². The number of nitrogens with one attached hydrogen (secondary N) is 3. The number of benzene rings is 2. The maximum absolute atomic E-state index is 13.6. The molecular weight excluding hydrogens is 440 g/mol. The van der Waals surface area contributed by atoms with E-state index in [9.17, 15) is 4.79 Å². The number of para-hydroxylation sites is 1. The number of methoxy groups -OCH3 is 1. The first-order valence-electron chi connectivity index (χ1n) is 11.9. The molecule has 0 fully saturated rings. The van der Waals surface area contributed by atoms with Gasteiger partial charge in [-0.05, 0) is 31.2 Å². The van der Waals surface area contributed by atoms with Gasteiger partial charge in [-0.25, -0.2) is 4.98 Å². The van der Waals surface area contributed by atoms with Crippen LogP contribution in [0.2, 0.25) is 5.02 Å². The number of ether oxygens (including phenoxy) is 2. The molecule has 33 heavy (non-hydrogen) atoms. The molecule has 3 heterocycles. The third kappa shape index (κ3) is 4.01. The van der Waals surface area contributed by atoms with Crippen LogP contribution in [0.4, 0.5) is 11.4 Å². The van der Waals surface area contributed by atoms with Crippen LogP contribution >= 0.6 is 11.6 Å². The highest BCUT2D eigenvalue weighted by atomic mass is 35.5. The first-order valence-corrected chi connectivity index (χ1v) is 10.7. The van der Waals surface area contributed by atoms with Crippen molar-refractivity contribution in [2.24, 2.45) is 0 Å². The zero-order valence-corrected chi connectivity index (χ0v) is 18.5. The second kappa shape index (κ2) is 8.42. The van der Waals surface area contributed by atoms with Gasteiger partial charge in [0.1, 0.15) is 17.1 Å². The highest BCUT2D eigenvalue weighted by Crippen LogP contribution is 2.39. The van der Waals surface area contributed by atoms with Crippen LogP contribution in [-0.2, 0) is 4.74 Å². The van der Waals surface area contributed by atoms with Crippen LogP contribution in [0.1, 0.15) is 27.0 Å². The number of ketones is 1. The summed E-state index contributed by atoms with van der Waals surface area (Å²) >= 11 is 6.51. The number of aromatic nitrogens is 2. The summed E-state index contributed by atoms with van der Waals surface area (Å²) in [7, 11) is -2.51. The maximum atomic E-state index is 13.6. The normalized spacial score (nSPS) is 18.9. The number of aromatic amines is 1. The van der Waals surface area contributed by atoms with Gasteiger partial charge in [-0.3, -0.25) is 4.79 Å². The lowest BCUT2D eigenvalue weighted by Crippen LogP contribution is -2.48. The molecule has 3 N–H and O–H groups in total. The van der Waals surface area contributed by atoms with E-state index in [1.54, 1.807) is 30.6 Å². The number of hydrogen-bond acceptors (Lipinski definition) is 6. The highest BCUT2D eigenvalue weighted by molar-refractivity contribution is 6.36. The summed E-state index contributed by atoms with van der Waals surface area (Å²) in [6, 6.07) is 14.2. The van der Waals surface area contributed by atoms with Crippen molar-refractivity contribution in [1.29, 1.82) is 0 Å². The summed E-state index contributed by atoms with van der Waals surface area (Å²) in [6.45, 7) is 2.19. The van der Waals surface area contributed by atoms with Gasteiger partial charge in [0.05, 0.1) is 49.8 Å². The summed E-state index contributed by atoms with van der Waals surface area (Å²) in [5, 5.41) is 7.46. The number of nitrogens with zero attached hydrogens (tertiary/aromatic N) is 1. The molecule has 1 aliphatic rings. The molecule has 0 bridgehead atoms. The Morgan fingerprint density at radius 3 is 2.85 bits per heavy atom. The van der Waals surface area contributed by atoms with E-state index in [1.165, 1.54) is 0 Å². The molecular formula is C25H23ClN4O3. The number of halogens is 1. The Hall–Kier alpha value is -3.55. The standard InChI is InChI=1S/C25H23ClN4O3/c1-25(14-32-2)13-29-20-12-28-24-21(22(20)30-25)18(11-27-24)23(31)17-9-8-16(10-19(17)26)33-15-6-4-3-5-7-15/h3-12,29-30H,13-14H2,1-2H3,(H,27,28)/i2D3. The number of rotatable bonds is 6. The van der Waals surface area contributed by atoms with E-state index in [0.29, 0.717) is 51.6 Å². The predicted molar refractivity (Wildman–Crippen MR) is 130 cm³/mol. The van der Waals surface area contributed by atoms with Crippen molar-refractivity contribution < 1.29 is 18.4 Å². The molecule has 1 unspecified atom stereocenters. The largest absolute Gasteiger partial charge is 0.457 e. The molecule has 4 aromatic rings. The topological polar surface area (TPSA) is 88.3 Å². The predicted octanol–water partition coefficient (Wildman–Crippen LogP) is 5.48. The number of carbonyl (C=O) groups excluding carboxylic acids is 1. The Morgan fingerprint density at radius 2 is 2.06 bits per heavy atom. The van der Waals surface area contributed by atoms with Crippen LogP contribution in [-0.4, -0.2) is 41.5 Å². The zero-order valence-electron chi connectivity index (χ0n) is 20.7. The third-order valence-electron chi connectivity index (χ3n) is 5.60. The number of H-pyrrole nitrogens is 1. The summed E-state index contributed by atoms with van der Waals surface area (Å²) < 4.78 is 33.0. The van der Waals surface area contributed by atoms with Gasteiger partial charge in [0.15, 0.2) is 5.78 Å². The fourth-order valence-corrected chi connectivity index (χ4v) is 4.19. The number of anilines is 2. The van der Waals surface area contributed by atoms with Gasteiger partial charge in [-0.2, -0.15) is 0 Å². The number of carbonyl (C=O) groups is 1. The average Bonchev–Trinajstić information content (AvgIpc) is 3.28. The van der Waals surface area contributed by atoms with Crippen molar-refractivity contribution in [2.45, 2.75) is 12.5 Å². The highest BCUT2D eigenvalue weighted by Gasteiger charge is 2.32. The van der Waals surface area contributed by atoms with Crippen molar-refractivity contribution in [3.8, 4) is 11.5 Å². The second-order valence-electron chi connectivity index (χ2n) is 8.19. The smallest absolute Gasteiger partial charge is 0.196 e. The molecule has 1 atom stereocenters. The van der Waals surface area contributed by atoms with Crippen LogP contribution < -0.4 is 15.4 Å². The van der Waals surface area contributed by atoms with Gasteiger partial charge in [0.25, 0.3) is 0 Å². The van der Waals surface area contributed by atoms with Gasteiger partial charge in [0, 0.05) is 31.4 Å². The van der Waals surface area contributed by atoms with E-state index in [-0.39, 0.29) is 17.4 Å². The molecule has 5 rings (SSSR count). The van der Waals surface area contributed by atoms with Crippen LogP contribution in [0.3, 0.4) is 0 Å². The number of fused-ring (bicyclic) bond motifs is 3. The minimum Gasteiger partial charge on any atom is -0.457 e. The lowest BCUT2D eigenvalue weighted by atomic mass is 9.97. The van der Waals surface area contributed by atoms with Crippen LogP contribution in [0.25, 0.3) is 11.0 Å². The molecule has 0 spiro atoms. The minimum absolute atomic E-state index is 0.0673. The van der Waals surface area contributed by atoms with Crippen LogP contribution in [0.5, 0.6) is 11.5 Å². The van der Waals surface area contributed by atoms with Gasteiger partial charge >= 0.3 is 0 Å². The lowest BCUT2D eigenvalue weighted by molar-refractivity contribution is 0.104. The molecule has 0 aliphatic carbocycles. The zero-order chi connectivity index (χ0) is 25.5. The Balaban J connectivity index is 1.47. The maximum Gasteiger partial charge on any atom is 0.196 e. The van der Waals surface area contributed by atoms with Gasteiger partial charge in [-0.1, -0.05) is 29.8 Å². The first-order chi connectivity index (χ1) is 17.1. The molecule has 0 saturated carbocycles. The Morgan fingerprint density at radius 1 is 1.21 bits per heavy atom. The number of hydrogen-bond donors (Lipinski definition) is 3. The Bertz CT molecular complexity index is 1440. The van der Waals surface area contributed by atoms with Crippen molar-refractivity contribution in [3.05, 3.63) is 77.1 Å². The van der Waals surface area contributed by atoms with E-state index in [4.69, 9.17) is 25.2 Å². The van der Waals surface area contributed by atoms with Crippen molar-refractivity contribution >= 4 is 39.8 Å². The fourth-order valence-electron chi connectivity index (χ4n) is 3.93. The molecule has 0 radical (unpaired) electrons. The number of pyridine rings is 1. The monoisotopic (exact) mass is 465 g/mol. The molecule has 8 heteroatoms. The van der Waals surface area contributed by atoms with E-state index in [2.05, 4.69) is 20.6 Å². The quantitative estimate of drug-likeness (QED) is 0.327. The molecule has 7 nitrogen and oxygen atoms in total. The van der Waals surface area contributed by atoms with E-state index in [0.717, 1.165) is 0 Å². The third-order valence-corrected chi connectivity index (χ3v) is 5.91. The van der Waals surface area contributed by atoms with Crippen LogP contribution in [0, 0.1) is 0 Å². The SMILES string of the molecule is [2H]C([2H])([2H])OCC1(C)CNc2cnc3[nH]cc(C(=O)c4ccc(Oc5ccccc5)cc4Cl)c3c2N1. The Kier molecular flexibility index (Phi) is 4.58. The summed E-state index contributed by atoms with van der Waals surface area (Å²) in [5.41, 5.74) is 1.79. The molecule has 2 aromatic carbocycles. The molecule has 0 saturated heterocycles. The van der Waals surface area contributed by atoms with Crippen molar-refractivity contribution in [2.75, 3.05) is 30.8 Å². The second-order valence-corrected chi connectivity index (χ2v) is 8.59. The van der Waals surface area contributed by atoms with Gasteiger partial charge in [-0.15, -0.1) is 0 Å². The van der Waals surface area contributed by atoms with E-state index in [1.807, 2.05) is 37.3 Å². The molecule has 168 valence electrons. The van der Waals surface area contributed by atoms with Crippen molar-refractivity contribution in [3.63, 3.8) is 0 Å². The minimum atomic E-state index is -2.51. The molecule has 0 amide bonds. The van der Waals surface area contributed by atoms with Crippen molar-refractivity contribution in [1.82, 2.24) is 9.97 Å². The summed E-state index contributed by atoms with van der Waals surface area (Å²) in [6.07, 6.45) is 3.25. The van der Waals surface area contributed by atoms with Gasteiger partial charge < -0.3 is 25.1 Å². The van der Waals surface area contributed by atoms with E-state index < -0.39 is 12.6 Å². The summed E-state index contributed by atoms with van der Waals surface area (Å²) in [5.74, 6) is 0.878. The molecule has 1 aliphatic heterocycles. The van der Waals surface area contributed by atoms with E-state index >= 15 is 0 Å². The fraction of sp³-hybridized carbons (Fsp3) is 0.200. The van der Waals surface area contributed by atoms with Crippen LogP contribution in [0.15, 0.2) is 60.9 Å². The lowest BCUT2D eigenvalue weighted by Gasteiger charge is -2.37. The average molecular weight is 466 g/mol. The molecule has 2 aromatic heterocycles.